The molecular formula is C17H19F4N3O3S. The Bertz CT molecular complexity index is 799. The second-order valence-corrected chi connectivity index (χ2v) is 7.36. The molecule has 0 atom stereocenters. The number of anilines is 1. The standard InChI is InChI=1S/C15H18FN3OS.C2HF3O2/c1-15(2,3)19-13(20)8-17-14-18-12(9-21-14)10-4-6-11(16)7-5-10;3-2(4,5)1(6)7/h4-7,9H,8H2,1-3H3,(H,17,18)(H,19,20);(H,6,7). The summed E-state index contributed by atoms with van der Waals surface area (Å²) in [5.41, 5.74) is 1.36. The molecule has 0 aliphatic carbocycles. The molecule has 2 rings (SSSR count). The molecule has 154 valence electrons. The van der Waals surface area contributed by atoms with Crippen LogP contribution in [0, 0.1) is 5.82 Å². The average molecular weight is 421 g/mol. The van der Waals surface area contributed by atoms with Crippen molar-refractivity contribution in [2.75, 3.05) is 11.9 Å². The van der Waals surface area contributed by atoms with Gasteiger partial charge in [-0.2, -0.15) is 13.2 Å². The van der Waals surface area contributed by atoms with Gasteiger partial charge in [0.05, 0.1) is 12.2 Å². The first-order valence-corrected chi connectivity index (χ1v) is 8.72. The van der Waals surface area contributed by atoms with E-state index in [-0.39, 0.29) is 23.8 Å². The lowest BCUT2D eigenvalue weighted by molar-refractivity contribution is -0.192. The largest absolute Gasteiger partial charge is 0.490 e. The lowest BCUT2D eigenvalue weighted by Gasteiger charge is -2.20. The van der Waals surface area contributed by atoms with Crippen molar-refractivity contribution in [3.63, 3.8) is 0 Å². The van der Waals surface area contributed by atoms with E-state index in [4.69, 9.17) is 9.90 Å². The van der Waals surface area contributed by atoms with Crippen LogP contribution in [0.25, 0.3) is 11.3 Å². The van der Waals surface area contributed by atoms with Crippen molar-refractivity contribution in [3.05, 3.63) is 35.5 Å². The van der Waals surface area contributed by atoms with Gasteiger partial charge >= 0.3 is 12.1 Å². The normalized spacial score (nSPS) is 11.2. The quantitative estimate of drug-likeness (QED) is 0.651. The van der Waals surface area contributed by atoms with Crippen LogP contribution >= 0.6 is 11.3 Å². The highest BCUT2D eigenvalue weighted by molar-refractivity contribution is 7.14. The minimum absolute atomic E-state index is 0.0824. The molecule has 28 heavy (non-hydrogen) atoms. The highest BCUT2D eigenvalue weighted by atomic mass is 32.1. The van der Waals surface area contributed by atoms with Crippen molar-refractivity contribution in [1.29, 1.82) is 0 Å². The van der Waals surface area contributed by atoms with Crippen molar-refractivity contribution in [3.8, 4) is 11.3 Å². The van der Waals surface area contributed by atoms with E-state index in [1.54, 1.807) is 12.1 Å². The molecule has 1 aromatic carbocycles. The zero-order valence-corrected chi connectivity index (χ0v) is 16.0. The number of carbonyl (C=O) groups is 2. The predicted molar refractivity (Wildman–Crippen MR) is 97.6 cm³/mol. The number of benzene rings is 1. The molecule has 0 aliphatic heterocycles. The van der Waals surface area contributed by atoms with Gasteiger partial charge in [0.15, 0.2) is 5.13 Å². The fraction of sp³-hybridized carbons (Fsp3) is 0.353. The van der Waals surface area contributed by atoms with Gasteiger partial charge in [-0.25, -0.2) is 14.2 Å². The maximum Gasteiger partial charge on any atom is 0.490 e. The molecule has 2 aromatic rings. The average Bonchev–Trinajstić information content (AvgIpc) is 3.00. The smallest absolute Gasteiger partial charge is 0.475 e. The van der Waals surface area contributed by atoms with Gasteiger partial charge in [-0.15, -0.1) is 11.3 Å². The number of halogens is 4. The van der Waals surface area contributed by atoms with Crippen LogP contribution in [0.5, 0.6) is 0 Å². The summed E-state index contributed by atoms with van der Waals surface area (Å²) in [6, 6.07) is 6.16. The molecule has 0 fully saturated rings. The molecule has 1 heterocycles. The molecular weight excluding hydrogens is 402 g/mol. The predicted octanol–water partition coefficient (Wildman–Crippen LogP) is 3.91. The number of aliphatic carboxylic acids is 1. The molecule has 0 aliphatic rings. The summed E-state index contributed by atoms with van der Waals surface area (Å²) in [4.78, 5) is 25.0. The second kappa shape index (κ2) is 9.49. The van der Waals surface area contributed by atoms with Crippen molar-refractivity contribution >= 4 is 28.3 Å². The van der Waals surface area contributed by atoms with Gasteiger partial charge < -0.3 is 15.7 Å². The molecule has 6 nitrogen and oxygen atoms in total. The number of carboxylic acids is 1. The fourth-order valence-electron chi connectivity index (χ4n) is 1.73. The summed E-state index contributed by atoms with van der Waals surface area (Å²) in [5.74, 6) is -3.11. The van der Waals surface area contributed by atoms with E-state index >= 15 is 0 Å². The van der Waals surface area contributed by atoms with Crippen molar-refractivity contribution in [2.45, 2.75) is 32.5 Å². The summed E-state index contributed by atoms with van der Waals surface area (Å²) in [6.45, 7) is 5.97. The van der Waals surface area contributed by atoms with Crippen molar-refractivity contribution < 1.29 is 32.3 Å². The minimum Gasteiger partial charge on any atom is -0.475 e. The van der Waals surface area contributed by atoms with Crippen LogP contribution in [0.2, 0.25) is 0 Å². The minimum atomic E-state index is -5.08. The van der Waals surface area contributed by atoms with E-state index in [9.17, 15) is 22.4 Å². The first-order valence-electron chi connectivity index (χ1n) is 7.84. The van der Waals surface area contributed by atoms with Crippen molar-refractivity contribution in [2.24, 2.45) is 0 Å². The third-order valence-corrected chi connectivity index (χ3v) is 3.60. The Kier molecular flexibility index (Phi) is 7.91. The van der Waals surface area contributed by atoms with Crippen LogP contribution < -0.4 is 10.6 Å². The zero-order valence-electron chi connectivity index (χ0n) is 15.2. The molecule has 1 aromatic heterocycles. The van der Waals surface area contributed by atoms with Gasteiger partial charge in [0.1, 0.15) is 5.82 Å². The van der Waals surface area contributed by atoms with Crippen LogP contribution in [0.3, 0.4) is 0 Å². The molecule has 3 N–H and O–H groups in total. The molecule has 1 amide bonds. The van der Waals surface area contributed by atoms with Gasteiger partial charge in [-0.1, -0.05) is 0 Å². The molecule has 0 saturated heterocycles. The number of amides is 1. The third kappa shape index (κ3) is 8.80. The number of hydrogen-bond acceptors (Lipinski definition) is 5. The van der Waals surface area contributed by atoms with E-state index < -0.39 is 12.1 Å². The number of alkyl halides is 3. The van der Waals surface area contributed by atoms with Gasteiger partial charge in [0.25, 0.3) is 0 Å². The number of aromatic nitrogens is 1. The van der Waals surface area contributed by atoms with Crippen LogP contribution in [-0.4, -0.2) is 40.2 Å². The molecule has 0 spiro atoms. The second-order valence-electron chi connectivity index (χ2n) is 6.50. The van der Waals surface area contributed by atoms with Crippen molar-refractivity contribution in [1.82, 2.24) is 10.3 Å². The maximum absolute atomic E-state index is 12.9. The van der Waals surface area contributed by atoms with Gasteiger partial charge in [-0.05, 0) is 45.0 Å². The monoisotopic (exact) mass is 421 g/mol. The Morgan fingerprint density at radius 1 is 1.14 bits per heavy atom. The van der Waals surface area contributed by atoms with E-state index in [1.807, 2.05) is 26.2 Å². The lowest BCUT2D eigenvalue weighted by Crippen LogP contribution is -2.43. The topological polar surface area (TPSA) is 91.3 Å². The van der Waals surface area contributed by atoms with Crippen LogP contribution in [-0.2, 0) is 9.59 Å². The van der Waals surface area contributed by atoms with E-state index in [2.05, 4.69) is 15.6 Å². The highest BCUT2D eigenvalue weighted by Crippen LogP contribution is 2.24. The summed E-state index contributed by atoms with van der Waals surface area (Å²) in [5, 5.41) is 15.5. The number of rotatable bonds is 4. The number of carbonyl (C=O) groups excluding carboxylic acids is 1. The van der Waals surface area contributed by atoms with Crippen LogP contribution in [0.15, 0.2) is 29.6 Å². The van der Waals surface area contributed by atoms with Gasteiger partial charge in [-0.3, -0.25) is 4.79 Å². The molecule has 0 radical (unpaired) electrons. The van der Waals surface area contributed by atoms with Gasteiger partial charge in [0.2, 0.25) is 5.91 Å². The molecule has 0 saturated carbocycles. The van der Waals surface area contributed by atoms with Gasteiger partial charge in [0, 0.05) is 16.5 Å². The van der Waals surface area contributed by atoms with E-state index in [0.717, 1.165) is 11.3 Å². The third-order valence-electron chi connectivity index (χ3n) is 2.80. The Morgan fingerprint density at radius 2 is 1.68 bits per heavy atom. The maximum atomic E-state index is 12.9. The van der Waals surface area contributed by atoms with E-state index in [0.29, 0.717) is 5.13 Å². The van der Waals surface area contributed by atoms with Crippen LogP contribution in [0.4, 0.5) is 22.7 Å². The number of nitrogens with one attached hydrogen (secondary N) is 2. The Hall–Kier alpha value is -2.69. The summed E-state index contributed by atoms with van der Waals surface area (Å²) >= 11 is 1.41. The first kappa shape index (κ1) is 23.3. The molecule has 11 heteroatoms. The molecule has 0 unspecified atom stereocenters. The van der Waals surface area contributed by atoms with Crippen LogP contribution in [0.1, 0.15) is 20.8 Å². The summed E-state index contributed by atoms with van der Waals surface area (Å²) < 4.78 is 44.6. The summed E-state index contributed by atoms with van der Waals surface area (Å²) in [6.07, 6.45) is -5.08. The lowest BCUT2D eigenvalue weighted by atomic mass is 10.1. The number of nitrogens with zero attached hydrogens (tertiary/aromatic N) is 1. The first-order chi connectivity index (χ1) is 12.8. The fourth-order valence-corrected chi connectivity index (χ4v) is 2.45. The molecule has 0 bridgehead atoms. The number of carboxylic acid groups (broad SMARTS) is 1. The summed E-state index contributed by atoms with van der Waals surface area (Å²) in [7, 11) is 0. The zero-order chi connectivity index (χ0) is 21.5. The SMILES string of the molecule is CC(C)(C)NC(=O)CNc1nc(-c2ccc(F)cc2)cs1.O=C(O)C(F)(F)F. The van der Waals surface area contributed by atoms with E-state index in [1.165, 1.54) is 23.5 Å². The highest BCUT2D eigenvalue weighted by Gasteiger charge is 2.38. The number of thiazole rings is 1. The Labute approximate surface area is 162 Å². The Morgan fingerprint density at radius 3 is 2.14 bits per heavy atom. The Balaban J connectivity index is 0.000000480. The number of hydrogen-bond donors (Lipinski definition) is 3.